The average molecular weight is 362 g/mol. The van der Waals surface area contributed by atoms with E-state index in [1.54, 1.807) is 6.07 Å². The third-order valence-corrected chi connectivity index (χ3v) is 4.45. The van der Waals surface area contributed by atoms with Crippen LogP contribution < -0.4 is 0 Å². The summed E-state index contributed by atoms with van der Waals surface area (Å²) in [6.07, 6.45) is -4.29. The number of nitrogens with zero attached hydrogens (tertiary/aromatic N) is 1. The van der Waals surface area contributed by atoms with E-state index in [2.05, 4.69) is 23.8 Å². The van der Waals surface area contributed by atoms with Crippen LogP contribution in [-0.4, -0.2) is 23.7 Å². The van der Waals surface area contributed by atoms with E-state index in [0.29, 0.717) is 17.3 Å². The first-order valence-electron chi connectivity index (χ1n) is 8.49. The van der Waals surface area contributed by atoms with Crippen LogP contribution in [0.5, 0.6) is 0 Å². The van der Waals surface area contributed by atoms with E-state index in [4.69, 9.17) is 4.74 Å². The number of halogens is 3. The molecule has 1 aromatic heterocycles. The van der Waals surface area contributed by atoms with Crippen molar-refractivity contribution in [3.63, 3.8) is 0 Å². The molecule has 0 fully saturated rings. The first kappa shape index (κ1) is 18.5. The zero-order valence-corrected chi connectivity index (χ0v) is 14.9. The van der Waals surface area contributed by atoms with Gasteiger partial charge in [-0.15, -0.1) is 0 Å². The van der Waals surface area contributed by atoms with Crippen molar-refractivity contribution in [1.82, 2.24) is 9.97 Å². The maximum Gasteiger partial charge on any atom is 0.418 e. The van der Waals surface area contributed by atoms with Crippen LogP contribution in [0, 0.1) is 0 Å². The summed E-state index contributed by atoms with van der Waals surface area (Å²) in [7, 11) is 1.47. The minimum atomic E-state index is -4.48. The summed E-state index contributed by atoms with van der Waals surface area (Å²) in [6.45, 7) is 4.41. The van der Waals surface area contributed by atoms with Crippen molar-refractivity contribution in [1.29, 1.82) is 0 Å². The molecule has 3 nitrogen and oxygen atoms in total. The highest BCUT2D eigenvalue weighted by Crippen LogP contribution is 2.38. The highest BCUT2D eigenvalue weighted by Gasteiger charge is 2.36. The number of hydrogen-bond acceptors (Lipinski definition) is 2. The SMILES string of the molecule is COCCc1ccc2[nH]c(-c3ccc(C(C)C)cc3)nc2c1C(F)(F)F. The molecule has 0 aliphatic heterocycles. The summed E-state index contributed by atoms with van der Waals surface area (Å²) in [6, 6.07) is 10.9. The molecule has 6 heteroatoms. The highest BCUT2D eigenvalue weighted by molar-refractivity contribution is 5.84. The summed E-state index contributed by atoms with van der Waals surface area (Å²) < 4.78 is 45.9. The predicted molar refractivity (Wildman–Crippen MR) is 96.2 cm³/mol. The van der Waals surface area contributed by atoms with Gasteiger partial charge in [0.25, 0.3) is 0 Å². The van der Waals surface area contributed by atoms with Crippen LogP contribution in [0.25, 0.3) is 22.4 Å². The summed E-state index contributed by atoms with van der Waals surface area (Å²) in [5.41, 5.74) is 1.77. The Morgan fingerprint density at radius 3 is 2.35 bits per heavy atom. The van der Waals surface area contributed by atoms with Crippen molar-refractivity contribution < 1.29 is 17.9 Å². The van der Waals surface area contributed by atoms with Crippen molar-refractivity contribution in [3.8, 4) is 11.4 Å². The summed E-state index contributed by atoms with van der Waals surface area (Å²) in [5.74, 6) is 0.824. The minimum Gasteiger partial charge on any atom is -0.384 e. The molecule has 0 saturated heterocycles. The standard InChI is InChI=1S/C20H21F3N2O/c1-12(2)13-4-6-15(7-5-13)19-24-16-9-8-14(10-11-26-3)17(18(16)25-19)20(21,22)23/h4-9,12H,10-11H2,1-3H3,(H,24,25). The first-order chi connectivity index (χ1) is 12.3. The van der Waals surface area contributed by atoms with Gasteiger partial charge in [-0.2, -0.15) is 13.2 Å². The molecular weight excluding hydrogens is 341 g/mol. The second-order valence-corrected chi connectivity index (χ2v) is 6.60. The van der Waals surface area contributed by atoms with Crippen molar-refractivity contribution in [3.05, 3.63) is 53.1 Å². The van der Waals surface area contributed by atoms with Crippen LogP contribution in [0.15, 0.2) is 36.4 Å². The number of H-pyrrole nitrogens is 1. The molecule has 26 heavy (non-hydrogen) atoms. The van der Waals surface area contributed by atoms with Crippen LogP contribution >= 0.6 is 0 Å². The van der Waals surface area contributed by atoms with Gasteiger partial charge in [0.15, 0.2) is 0 Å². The van der Waals surface area contributed by atoms with E-state index in [1.807, 2.05) is 24.3 Å². The van der Waals surface area contributed by atoms with Crippen molar-refractivity contribution in [2.24, 2.45) is 0 Å². The molecule has 1 heterocycles. The Morgan fingerprint density at radius 2 is 1.77 bits per heavy atom. The van der Waals surface area contributed by atoms with Crippen molar-refractivity contribution in [2.75, 3.05) is 13.7 Å². The van der Waals surface area contributed by atoms with Gasteiger partial charge >= 0.3 is 6.18 Å². The van der Waals surface area contributed by atoms with Gasteiger partial charge in [0.2, 0.25) is 0 Å². The molecule has 0 unspecified atom stereocenters. The Hall–Kier alpha value is -2.34. The zero-order chi connectivity index (χ0) is 18.9. The van der Waals surface area contributed by atoms with E-state index in [1.165, 1.54) is 18.7 Å². The fourth-order valence-electron chi connectivity index (χ4n) is 3.02. The molecule has 1 N–H and O–H groups in total. The largest absolute Gasteiger partial charge is 0.418 e. The Balaban J connectivity index is 2.10. The van der Waals surface area contributed by atoms with E-state index < -0.39 is 11.7 Å². The highest BCUT2D eigenvalue weighted by atomic mass is 19.4. The fraction of sp³-hybridized carbons (Fsp3) is 0.350. The van der Waals surface area contributed by atoms with E-state index in [9.17, 15) is 13.2 Å². The average Bonchev–Trinajstić information content (AvgIpc) is 3.02. The second-order valence-electron chi connectivity index (χ2n) is 6.60. The third kappa shape index (κ3) is 3.60. The topological polar surface area (TPSA) is 37.9 Å². The van der Waals surface area contributed by atoms with Crippen molar-refractivity contribution in [2.45, 2.75) is 32.4 Å². The molecule has 0 aliphatic rings. The van der Waals surface area contributed by atoms with Gasteiger partial charge in [-0.05, 0) is 29.5 Å². The zero-order valence-electron chi connectivity index (χ0n) is 14.9. The summed E-state index contributed by atoms with van der Waals surface area (Å²) >= 11 is 0. The molecule has 0 aliphatic carbocycles. The molecule has 0 radical (unpaired) electrons. The van der Waals surface area contributed by atoms with Gasteiger partial charge in [0.1, 0.15) is 11.3 Å². The Morgan fingerprint density at radius 1 is 1.08 bits per heavy atom. The number of nitrogens with one attached hydrogen (secondary N) is 1. The van der Waals surface area contributed by atoms with E-state index in [0.717, 1.165) is 5.56 Å². The Bertz CT molecular complexity index is 896. The predicted octanol–water partition coefficient (Wildman–Crippen LogP) is 5.56. The van der Waals surface area contributed by atoms with Crippen molar-refractivity contribution >= 4 is 11.0 Å². The van der Waals surface area contributed by atoms with Gasteiger partial charge in [-0.25, -0.2) is 4.98 Å². The molecule has 138 valence electrons. The number of aromatic amines is 1. The van der Waals surface area contributed by atoms with Gasteiger partial charge in [0.05, 0.1) is 17.7 Å². The van der Waals surface area contributed by atoms with Crippen LogP contribution in [0.1, 0.15) is 36.5 Å². The molecule has 2 aromatic carbocycles. The molecule has 3 aromatic rings. The van der Waals surface area contributed by atoms with Crippen LogP contribution in [-0.2, 0) is 17.3 Å². The first-order valence-corrected chi connectivity index (χ1v) is 8.49. The quantitative estimate of drug-likeness (QED) is 0.645. The molecule has 0 saturated carbocycles. The normalized spacial score (nSPS) is 12.3. The summed E-state index contributed by atoms with van der Waals surface area (Å²) in [5, 5.41) is 0. The second kappa shape index (κ2) is 7.11. The number of alkyl halides is 3. The third-order valence-electron chi connectivity index (χ3n) is 4.45. The summed E-state index contributed by atoms with van der Waals surface area (Å²) in [4.78, 5) is 7.29. The van der Waals surface area contributed by atoms with Gasteiger partial charge < -0.3 is 9.72 Å². The Kier molecular flexibility index (Phi) is 5.05. The molecule has 0 atom stereocenters. The lowest BCUT2D eigenvalue weighted by atomic mass is 10.0. The number of hydrogen-bond donors (Lipinski definition) is 1. The number of methoxy groups -OCH3 is 1. The van der Waals surface area contributed by atoms with E-state index in [-0.39, 0.29) is 24.1 Å². The van der Waals surface area contributed by atoms with Crippen LogP contribution in [0.3, 0.4) is 0 Å². The van der Waals surface area contributed by atoms with Gasteiger partial charge in [-0.3, -0.25) is 0 Å². The Labute approximate surface area is 150 Å². The number of aromatic nitrogens is 2. The number of benzene rings is 2. The maximum absolute atomic E-state index is 13.7. The fourth-order valence-corrected chi connectivity index (χ4v) is 3.02. The molecule has 0 amide bonds. The molecular formula is C20H21F3N2O. The number of rotatable bonds is 5. The lowest BCUT2D eigenvalue weighted by Crippen LogP contribution is -2.11. The number of imidazole rings is 1. The molecule has 0 spiro atoms. The maximum atomic E-state index is 13.7. The van der Waals surface area contributed by atoms with Crippen LogP contribution in [0.2, 0.25) is 0 Å². The minimum absolute atomic E-state index is 0.0472. The number of ether oxygens (including phenoxy) is 1. The number of fused-ring (bicyclic) bond motifs is 1. The van der Waals surface area contributed by atoms with Gasteiger partial charge in [0, 0.05) is 12.7 Å². The van der Waals surface area contributed by atoms with Crippen LogP contribution in [0.4, 0.5) is 13.2 Å². The molecule has 0 bridgehead atoms. The van der Waals surface area contributed by atoms with E-state index >= 15 is 0 Å². The smallest absolute Gasteiger partial charge is 0.384 e. The molecule has 3 rings (SSSR count). The van der Waals surface area contributed by atoms with Gasteiger partial charge in [-0.1, -0.05) is 44.2 Å². The monoisotopic (exact) mass is 362 g/mol. The lowest BCUT2D eigenvalue weighted by molar-refractivity contribution is -0.137. The lowest BCUT2D eigenvalue weighted by Gasteiger charge is -2.13.